The van der Waals surface area contributed by atoms with Crippen LogP contribution in [0.2, 0.25) is 0 Å². The van der Waals surface area contributed by atoms with Gasteiger partial charge in [0, 0.05) is 49.9 Å². The molecule has 0 heterocycles. The minimum absolute atomic E-state index is 0.0409. The molecule has 0 amide bonds. The first kappa shape index (κ1) is 45.2. The Labute approximate surface area is 371 Å². The van der Waals surface area contributed by atoms with Crippen LogP contribution in [0.3, 0.4) is 0 Å². The zero-order valence-corrected chi connectivity index (χ0v) is 37.6. The zero-order chi connectivity index (χ0) is 43.7. The lowest BCUT2D eigenvalue weighted by molar-refractivity contribution is -0.131. The number of benzene rings is 6. The van der Waals surface area contributed by atoms with E-state index >= 15 is 0 Å². The molecule has 0 aromatic heterocycles. The molecular formula is C57H64N2O3. The Morgan fingerprint density at radius 1 is 0.500 bits per heavy atom. The van der Waals surface area contributed by atoms with Crippen LogP contribution in [0.1, 0.15) is 100 Å². The van der Waals surface area contributed by atoms with E-state index in [-0.39, 0.29) is 11.4 Å². The number of carbonyl (C=O) groups is 1. The number of allylic oxidation sites excluding steroid dienone is 2. The van der Waals surface area contributed by atoms with E-state index in [1.807, 2.05) is 24.3 Å². The third-order valence-electron chi connectivity index (χ3n) is 12.2. The number of rotatable bonds is 15. The molecule has 62 heavy (non-hydrogen) atoms. The molecule has 7 rings (SSSR count). The maximum absolute atomic E-state index is 11.1. The van der Waals surface area contributed by atoms with Crippen LogP contribution >= 0.6 is 0 Å². The standard InChI is InChI=1S/C36H40N2.C21H24O3/c1-5-37(6-2)33-23-19-31(20-24-33)36(32-21-25-34(26-22-32)38(7-3)8-4)28-27-35(29-15-11-9-12-16-29)30-17-13-10-14-18-30;1-16(22)24-20-12-8-18(9-13-20)21(14-4-3-5-15-21)17-6-10-19(23-2)11-7-17/h9-28H,5-8H2,1-4H3;6-13H,3-5,14-15H2,1-2H3. The monoisotopic (exact) mass is 824 g/mol. The van der Waals surface area contributed by atoms with E-state index in [1.54, 1.807) is 7.11 Å². The summed E-state index contributed by atoms with van der Waals surface area (Å²) in [5.41, 5.74) is 12.5. The fourth-order valence-electron chi connectivity index (χ4n) is 8.82. The molecule has 5 nitrogen and oxygen atoms in total. The van der Waals surface area contributed by atoms with Crippen LogP contribution in [0.4, 0.5) is 11.4 Å². The molecule has 0 atom stereocenters. The lowest BCUT2D eigenvalue weighted by Gasteiger charge is -2.38. The highest BCUT2D eigenvalue weighted by Crippen LogP contribution is 2.45. The van der Waals surface area contributed by atoms with Gasteiger partial charge in [-0.25, -0.2) is 0 Å². The maximum Gasteiger partial charge on any atom is 0.308 e. The number of methoxy groups -OCH3 is 1. The average Bonchev–Trinajstić information content (AvgIpc) is 3.33. The van der Waals surface area contributed by atoms with Crippen LogP contribution in [0.25, 0.3) is 11.1 Å². The van der Waals surface area contributed by atoms with Gasteiger partial charge in [-0.2, -0.15) is 0 Å². The summed E-state index contributed by atoms with van der Waals surface area (Å²) >= 11 is 0. The van der Waals surface area contributed by atoms with Gasteiger partial charge in [0.05, 0.1) is 7.11 Å². The second-order valence-corrected chi connectivity index (χ2v) is 15.8. The first-order valence-electron chi connectivity index (χ1n) is 22.5. The first-order chi connectivity index (χ1) is 30.3. The molecule has 1 fully saturated rings. The van der Waals surface area contributed by atoms with Crippen molar-refractivity contribution in [1.82, 2.24) is 0 Å². The second-order valence-electron chi connectivity index (χ2n) is 15.8. The van der Waals surface area contributed by atoms with E-state index in [1.165, 1.54) is 82.1 Å². The molecule has 0 unspecified atom stereocenters. The number of hydrogen-bond acceptors (Lipinski definition) is 5. The summed E-state index contributed by atoms with van der Waals surface area (Å²) < 4.78 is 10.5. The van der Waals surface area contributed by atoms with Crippen LogP contribution in [-0.2, 0) is 10.2 Å². The van der Waals surface area contributed by atoms with Crippen LogP contribution in [0.15, 0.2) is 170 Å². The molecule has 0 aliphatic heterocycles. The lowest BCUT2D eigenvalue weighted by atomic mass is 9.65. The highest BCUT2D eigenvalue weighted by Gasteiger charge is 2.35. The van der Waals surface area contributed by atoms with Crippen molar-refractivity contribution in [3.8, 4) is 11.5 Å². The number of ether oxygens (including phenoxy) is 2. The van der Waals surface area contributed by atoms with Gasteiger partial charge in [-0.3, -0.25) is 4.79 Å². The quantitative estimate of drug-likeness (QED) is 0.0586. The number of esters is 1. The predicted molar refractivity (Wildman–Crippen MR) is 262 cm³/mol. The van der Waals surface area contributed by atoms with Crippen LogP contribution in [0.5, 0.6) is 11.5 Å². The fraction of sp³-hybridized carbons (Fsp3) is 0.281. The summed E-state index contributed by atoms with van der Waals surface area (Å²) in [4.78, 5) is 15.9. The molecule has 5 heteroatoms. The molecule has 0 saturated heterocycles. The van der Waals surface area contributed by atoms with Gasteiger partial charge in [-0.05, 0) is 134 Å². The van der Waals surface area contributed by atoms with Crippen LogP contribution in [-0.4, -0.2) is 39.3 Å². The van der Waals surface area contributed by atoms with Crippen molar-refractivity contribution < 1.29 is 14.3 Å². The van der Waals surface area contributed by atoms with Crippen molar-refractivity contribution in [3.05, 3.63) is 203 Å². The molecule has 6 aromatic rings. The van der Waals surface area contributed by atoms with Crippen molar-refractivity contribution in [3.63, 3.8) is 0 Å². The average molecular weight is 825 g/mol. The van der Waals surface area contributed by atoms with Gasteiger partial charge in [-0.15, -0.1) is 0 Å². The number of hydrogen-bond donors (Lipinski definition) is 0. The molecule has 0 N–H and O–H groups in total. The van der Waals surface area contributed by atoms with Gasteiger partial charge >= 0.3 is 5.97 Å². The Morgan fingerprint density at radius 2 is 0.871 bits per heavy atom. The minimum Gasteiger partial charge on any atom is -0.497 e. The summed E-state index contributed by atoms with van der Waals surface area (Å²) in [6, 6.07) is 55.8. The Morgan fingerprint density at radius 3 is 1.23 bits per heavy atom. The van der Waals surface area contributed by atoms with Crippen molar-refractivity contribution in [1.29, 1.82) is 0 Å². The highest BCUT2D eigenvalue weighted by atomic mass is 16.5. The largest absolute Gasteiger partial charge is 0.497 e. The summed E-state index contributed by atoms with van der Waals surface area (Å²) in [7, 11) is 1.69. The van der Waals surface area contributed by atoms with Gasteiger partial charge in [0.1, 0.15) is 11.5 Å². The second kappa shape index (κ2) is 22.5. The summed E-state index contributed by atoms with van der Waals surface area (Å²) in [5.74, 6) is 1.20. The van der Waals surface area contributed by atoms with Crippen molar-refractivity contribution in [2.45, 2.75) is 72.1 Å². The maximum atomic E-state index is 11.1. The summed E-state index contributed by atoms with van der Waals surface area (Å²) in [6.07, 6.45) is 10.6. The molecule has 0 radical (unpaired) electrons. The molecular weight excluding hydrogens is 761 g/mol. The Kier molecular flexibility index (Phi) is 16.4. The Bertz CT molecular complexity index is 2220. The third kappa shape index (κ3) is 11.3. The van der Waals surface area contributed by atoms with E-state index in [4.69, 9.17) is 9.47 Å². The normalized spacial score (nSPS) is 12.8. The summed E-state index contributed by atoms with van der Waals surface area (Å²) in [5, 5.41) is 0. The molecule has 1 aliphatic rings. The number of anilines is 2. The smallest absolute Gasteiger partial charge is 0.308 e. The lowest BCUT2D eigenvalue weighted by Crippen LogP contribution is -2.30. The minimum atomic E-state index is -0.287. The third-order valence-corrected chi connectivity index (χ3v) is 12.2. The zero-order valence-electron chi connectivity index (χ0n) is 37.6. The van der Waals surface area contributed by atoms with Crippen molar-refractivity contribution in [2.24, 2.45) is 0 Å². The highest BCUT2D eigenvalue weighted by molar-refractivity contribution is 5.87. The van der Waals surface area contributed by atoms with E-state index in [0.29, 0.717) is 5.75 Å². The van der Waals surface area contributed by atoms with E-state index in [0.717, 1.165) is 44.8 Å². The molecule has 1 aliphatic carbocycles. The first-order valence-corrected chi connectivity index (χ1v) is 22.5. The molecule has 320 valence electrons. The number of nitrogens with zero attached hydrogens (tertiary/aromatic N) is 2. The van der Waals surface area contributed by atoms with Crippen molar-refractivity contribution in [2.75, 3.05) is 43.1 Å². The fourth-order valence-corrected chi connectivity index (χ4v) is 8.82. The SMILES string of the molecule is CCN(CC)c1ccc(C(=CC=C(c2ccccc2)c2ccccc2)c2ccc(N(CC)CC)cc2)cc1.COc1ccc(C2(c3ccc(OC(C)=O)cc3)CCCCC2)cc1. The summed E-state index contributed by atoms with van der Waals surface area (Å²) in [6.45, 7) is 14.3. The van der Waals surface area contributed by atoms with Gasteiger partial charge in [0.25, 0.3) is 0 Å². The molecule has 0 spiro atoms. The van der Waals surface area contributed by atoms with Gasteiger partial charge < -0.3 is 19.3 Å². The predicted octanol–water partition coefficient (Wildman–Crippen LogP) is 13.8. The van der Waals surface area contributed by atoms with Crippen molar-refractivity contribution >= 4 is 28.5 Å². The van der Waals surface area contributed by atoms with Gasteiger partial charge in [0.2, 0.25) is 0 Å². The Balaban J connectivity index is 0.000000229. The van der Waals surface area contributed by atoms with Gasteiger partial charge in [-0.1, -0.05) is 141 Å². The molecule has 6 aromatic carbocycles. The van der Waals surface area contributed by atoms with E-state index in [9.17, 15) is 4.79 Å². The number of carbonyl (C=O) groups excluding carboxylic acids is 1. The van der Waals surface area contributed by atoms with E-state index in [2.05, 4.69) is 183 Å². The van der Waals surface area contributed by atoms with E-state index < -0.39 is 0 Å². The van der Waals surface area contributed by atoms with Crippen LogP contribution < -0.4 is 19.3 Å². The van der Waals surface area contributed by atoms with Gasteiger partial charge in [0.15, 0.2) is 0 Å². The van der Waals surface area contributed by atoms with Crippen LogP contribution in [0, 0.1) is 0 Å². The Hall–Kier alpha value is -6.33. The molecule has 1 saturated carbocycles. The molecule has 0 bridgehead atoms. The topological polar surface area (TPSA) is 42.0 Å².